The third-order valence-corrected chi connectivity index (χ3v) is 4.65. The number of nitrogens with one attached hydrogen (secondary N) is 1. The van der Waals surface area contributed by atoms with Crippen LogP contribution in [0.15, 0.2) is 12.1 Å². The van der Waals surface area contributed by atoms with E-state index in [9.17, 15) is 0 Å². The van der Waals surface area contributed by atoms with Gasteiger partial charge >= 0.3 is 0 Å². The minimum Gasteiger partial charge on any atom is -0.363 e. The SMILES string of the molecule is CN(C)c1ccc2[nH]c(C3CCCCC3(C)C)nc2n1. The van der Waals surface area contributed by atoms with Gasteiger partial charge in [0.05, 0.1) is 5.52 Å². The Kier molecular flexibility index (Phi) is 3.19. The van der Waals surface area contributed by atoms with Crippen LogP contribution in [0, 0.1) is 5.41 Å². The van der Waals surface area contributed by atoms with Gasteiger partial charge in [-0.05, 0) is 30.4 Å². The summed E-state index contributed by atoms with van der Waals surface area (Å²) >= 11 is 0. The van der Waals surface area contributed by atoms with E-state index in [2.05, 4.69) is 29.9 Å². The maximum absolute atomic E-state index is 4.78. The van der Waals surface area contributed by atoms with Gasteiger partial charge < -0.3 is 9.88 Å². The Morgan fingerprint density at radius 3 is 2.70 bits per heavy atom. The van der Waals surface area contributed by atoms with Crippen molar-refractivity contribution in [2.45, 2.75) is 45.4 Å². The second-order valence-electron chi connectivity index (χ2n) is 6.84. The van der Waals surface area contributed by atoms with Gasteiger partial charge in [-0.15, -0.1) is 0 Å². The van der Waals surface area contributed by atoms with Crippen molar-refractivity contribution in [2.75, 3.05) is 19.0 Å². The average molecular weight is 272 g/mol. The molecule has 0 aromatic carbocycles. The molecule has 1 atom stereocenters. The molecule has 0 radical (unpaired) electrons. The zero-order valence-electron chi connectivity index (χ0n) is 12.9. The fourth-order valence-corrected chi connectivity index (χ4v) is 3.32. The lowest BCUT2D eigenvalue weighted by molar-refractivity contribution is 0.193. The molecule has 0 aliphatic heterocycles. The number of hydrogen-bond donors (Lipinski definition) is 1. The Morgan fingerprint density at radius 2 is 2.00 bits per heavy atom. The molecule has 20 heavy (non-hydrogen) atoms. The van der Waals surface area contributed by atoms with Crippen LogP contribution < -0.4 is 4.90 Å². The van der Waals surface area contributed by atoms with Crippen LogP contribution in [0.4, 0.5) is 5.82 Å². The molecule has 108 valence electrons. The molecule has 0 saturated heterocycles. The molecule has 1 unspecified atom stereocenters. The second kappa shape index (κ2) is 4.76. The minimum absolute atomic E-state index is 0.330. The van der Waals surface area contributed by atoms with Crippen LogP contribution in [0.5, 0.6) is 0 Å². The number of hydrogen-bond acceptors (Lipinski definition) is 3. The minimum atomic E-state index is 0.330. The summed E-state index contributed by atoms with van der Waals surface area (Å²) in [6, 6.07) is 4.13. The van der Waals surface area contributed by atoms with Gasteiger partial charge in [0, 0.05) is 20.0 Å². The van der Waals surface area contributed by atoms with Gasteiger partial charge in [0.25, 0.3) is 0 Å². The zero-order chi connectivity index (χ0) is 14.3. The molecular weight excluding hydrogens is 248 g/mol. The summed E-state index contributed by atoms with van der Waals surface area (Å²) in [5.41, 5.74) is 2.22. The summed E-state index contributed by atoms with van der Waals surface area (Å²) < 4.78 is 0. The van der Waals surface area contributed by atoms with Gasteiger partial charge in [0.15, 0.2) is 5.65 Å². The van der Waals surface area contributed by atoms with E-state index < -0.39 is 0 Å². The molecule has 0 spiro atoms. The van der Waals surface area contributed by atoms with Gasteiger partial charge in [-0.1, -0.05) is 26.7 Å². The highest BCUT2D eigenvalue weighted by molar-refractivity contribution is 5.73. The number of nitrogens with zero attached hydrogens (tertiary/aromatic N) is 3. The van der Waals surface area contributed by atoms with E-state index in [1.807, 2.05) is 25.1 Å². The molecule has 3 rings (SSSR count). The van der Waals surface area contributed by atoms with Gasteiger partial charge in [-0.2, -0.15) is 0 Å². The first kappa shape index (κ1) is 13.4. The van der Waals surface area contributed by atoms with Crippen LogP contribution in [0.2, 0.25) is 0 Å². The maximum Gasteiger partial charge on any atom is 0.179 e. The van der Waals surface area contributed by atoms with Crippen LogP contribution in [-0.2, 0) is 0 Å². The molecule has 1 N–H and O–H groups in total. The fourth-order valence-electron chi connectivity index (χ4n) is 3.32. The summed E-state index contributed by atoms with van der Waals surface area (Å²) in [6.07, 6.45) is 5.16. The number of H-pyrrole nitrogens is 1. The summed E-state index contributed by atoms with van der Waals surface area (Å²) in [5, 5.41) is 0. The first-order valence-corrected chi connectivity index (χ1v) is 7.51. The monoisotopic (exact) mass is 272 g/mol. The number of anilines is 1. The lowest BCUT2D eigenvalue weighted by atomic mass is 9.68. The molecule has 4 heteroatoms. The highest BCUT2D eigenvalue weighted by atomic mass is 15.1. The van der Waals surface area contributed by atoms with Crippen molar-refractivity contribution >= 4 is 17.0 Å². The summed E-state index contributed by atoms with van der Waals surface area (Å²) in [7, 11) is 4.01. The number of aromatic nitrogens is 3. The number of pyridine rings is 1. The molecule has 1 aliphatic carbocycles. The quantitative estimate of drug-likeness (QED) is 0.906. The van der Waals surface area contributed by atoms with Crippen molar-refractivity contribution in [1.82, 2.24) is 15.0 Å². The fraction of sp³-hybridized carbons (Fsp3) is 0.625. The molecule has 0 amide bonds. The van der Waals surface area contributed by atoms with Crippen molar-refractivity contribution in [3.8, 4) is 0 Å². The van der Waals surface area contributed by atoms with E-state index >= 15 is 0 Å². The highest BCUT2D eigenvalue weighted by Gasteiger charge is 2.35. The third-order valence-electron chi connectivity index (χ3n) is 4.65. The Labute approximate surface area is 120 Å². The van der Waals surface area contributed by atoms with E-state index in [1.165, 1.54) is 25.7 Å². The van der Waals surface area contributed by atoms with E-state index in [0.717, 1.165) is 22.8 Å². The molecule has 2 heterocycles. The number of imidazole rings is 1. The van der Waals surface area contributed by atoms with E-state index in [0.29, 0.717) is 11.3 Å². The van der Waals surface area contributed by atoms with Crippen molar-refractivity contribution in [3.63, 3.8) is 0 Å². The summed E-state index contributed by atoms with van der Waals surface area (Å²) in [5.74, 6) is 2.60. The number of aromatic amines is 1. The van der Waals surface area contributed by atoms with Crippen LogP contribution >= 0.6 is 0 Å². The zero-order valence-corrected chi connectivity index (χ0v) is 12.9. The highest BCUT2D eigenvalue weighted by Crippen LogP contribution is 2.45. The van der Waals surface area contributed by atoms with Gasteiger partial charge in [0.2, 0.25) is 0 Å². The smallest absolute Gasteiger partial charge is 0.179 e. The van der Waals surface area contributed by atoms with Crippen LogP contribution in [-0.4, -0.2) is 29.0 Å². The first-order chi connectivity index (χ1) is 9.47. The van der Waals surface area contributed by atoms with Crippen LogP contribution in [0.1, 0.15) is 51.3 Å². The first-order valence-electron chi connectivity index (χ1n) is 7.51. The molecule has 4 nitrogen and oxygen atoms in total. The van der Waals surface area contributed by atoms with Gasteiger partial charge in [-0.25, -0.2) is 9.97 Å². The third kappa shape index (κ3) is 2.28. The predicted molar refractivity (Wildman–Crippen MR) is 83.2 cm³/mol. The number of fused-ring (bicyclic) bond motifs is 1. The van der Waals surface area contributed by atoms with Crippen molar-refractivity contribution in [3.05, 3.63) is 18.0 Å². The molecule has 1 aliphatic rings. The molecule has 2 aromatic heterocycles. The van der Waals surface area contributed by atoms with Crippen molar-refractivity contribution < 1.29 is 0 Å². The van der Waals surface area contributed by atoms with Gasteiger partial charge in [0.1, 0.15) is 11.6 Å². The topological polar surface area (TPSA) is 44.8 Å². The van der Waals surface area contributed by atoms with Crippen molar-refractivity contribution in [1.29, 1.82) is 0 Å². The average Bonchev–Trinajstić information content (AvgIpc) is 2.80. The predicted octanol–water partition coefficient (Wildman–Crippen LogP) is 3.71. The van der Waals surface area contributed by atoms with Crippen molar-refractivity contribution in [2.24, 2.45) is 5.41 Å². The normalized spacial score (nSPS) is 22.1. The Balaban J connectivity index is 2.00. The molecule has 1 fully saturated rings. The molecule has 2 aromatic rings. The second-order valence-corrected chi connectivity index (χ2v) is 6.84. The van der Waals surface area contributed by atoms with Gasteiger partial charge in [-0.3, -0.25) is 0 Å². The summed E-state index contributed by atoms with van der Waals surface area (Å²) in [4.78, 5) is 14.9. The lowest BCUT2D eigenvalue weighted by Crippen LogP contribution is -2.26. The molecular formula is C16H24N4. The molecule has 0 bridgehead atoms. The molecule has 1 saturated carbocycles. The maximum atomic E-state index is 4.78. The Bertz CT molecular complexity index is 612. The summed E-state index contributed by atoms with van der Waals surface area (Å²) in [6.45, 7) is 4.73. The van der Waals surface area contributed by atoms with Crippen LogP contribution in [0.25, 0.3) is 11.2 Å². The van der Waals surface area contributed by atoms with E-state index in [1.54, 1.807) is 0 Å². The Morgan fingerprint density at radius 1 is 1.20 bits per heavy atom. The standard InChI is InChI=1S/C16H24N4/c1-16(2)10-6-5-7-11(16)14-17-12-8-9-13(20(3)4)18-15(12)19-14/h8-9,11H,5-7,10H2,1-4H3,(H,17,18,19). The van der Waals surface area contributed by atoms with E-state index in [-0.39, 0.29) is 0 Å². The largest absolute Gasteiger partial charge is 0.363 e. The lowest BCUT2D eigenvalue weighted by Gasteiger charge is -2.37. The Hall–Kier alpha value is -1.58. The number of rotatable bonds is 2. The van der Waals surface area contributed by atoms with E-state index in [4.69, 9.17) is 4.98 Å². The van der Waals surface area contributed by atoms with Crippen LogP contribution in [0.3, 0.4) is 0 Å².